The zero-order valence-electron chi connectivity index (χ0n) is 9.99. The van der Waals surface area contributed by atoms with E-state index in [1.807, 2.05) is 25.6 Å². The number of aliphatic hydroxyl groups is 1. The van der Waals surface area contributed by atoms with E-state index < -0.39 is 0 Å². The van der Waals surface area contributed by atoms with Gasteiger partial charge in [-0.25, -0.2) is 0 Å². The first-order valence-electron chi connectivity index (χ1n) is 5.34. The Labute approximate surface area is 92.4 Å². The lowest BCUT2D eigenvalue weighted by Gasteiger charge is -2.18. The number of thioether (sulfide) groups is 1. The zero-order chi connectivity index (χ0) is 11.1. The van der Waals surface area contributed by atoms with Gasteiger partial charge >= 0.3 is 0 Å². The normalized spacial score (nSPS) is 16.3. The molecule has 0 radical (unpaired) electrons. The summed E-state index contributed by atoms with van der Waals surface area (Å²) in [5, 5.41) is 10.2. The third-order valence-electron chi connectivity index (χ3n) is 2.11. The van der Waals surface area contributed by atoms with Gasteiger partial charge in [-0.3, -0.25) is 0 Å². The fraction of sp³-hybridized carbons (Fsp3) is 1.00. The lowest BCUT2D eigenvalue weighted by atomic mass is 10.2. The van der Waals surface area contributed by atoms with Crippen LogP contribution in [0.3, 0.4) is 0 Å². The van der Waals surface area contributed by atoms with Crippen LogP contribution in [0.5, 0.6) is 0 Å². The third kappa shape index (κ3) is 7.65. The summed E-state index contributed by atoms with van der Waals surface area (Å²) in [5.74, 6) is 1.43. The molecule has 0 amide bonds. The van der Waals surface area contributed by atoms with Crippen molar-refractivity contribution in [2.75, 3.05) is 12.4 Å². The Morgan fingerprint density at radius 3 is 2.14 bits per heavy atom. The van der Waals surface area contributed by atoms with Crippen LogP contribution in [0.2, 0.25) is 0 Å². The molecule has 1 N–H and O–H groups in total. The molecule has 0 aromatic carbocycles. The number of ether oxygens (including phenoxy) is 1. The van der Waals surface area contributed by atoms with Crippen LogP contribution in [0.1, 0.15) is 34.6 Å². The second kappa shape index (κ2) is 7.55. The van der Waals surface area contributed by atoms with Crippen LogP contribution in [0.4, 0.5) is 0 Å². The van der Waals surface area contributed by atoms with Crippen molar-refractivity contribution < 1.29 is 9.84 Å². The Balaban J connectivity index is 3.48. The van der Waals surface area contributed by atoms with Crippen LogP contribution < -0.4 is 0 Å². The maximum absolute atomic E-state index is 9.58. The predicted octanol–water partition coefficient (Wildman–Crippen LogP) is 2.55. The minimum atomic E-state index is -0.330. The molecule has 0 aliphatic rings. The molecule has 0 aromatic rings. The van der Waals surface area contributed by atoms with E-state index in [1.165, 1.54) is 0 Å². The van der Waals surface area contributed by atoms with Crippen molar-refractivity contribution in [3.63, 3.8) is 0 Å². The fourth-order valence-electron chi connectivity index (χ4n) is 0.807. The van der Waals surface area contributed by atoms with E-state index in [9.17, 15) is 5.11 Å². The summed E-state index contributed by atoms with van der Waals surface area (Å²) in [5.41, 5.74) is 0. The van der Waals surface area contributed by atoms with Gasteiger partial charge in [0, 0.05) is 11.0 Å². The number of hydrogen-bond donors (Lipinski definition) is 1. The molecule has 0 fully saturated rings. The smallest absolute Gasteiger partial charge is 0.0864 e. The Kier molecular flexibility index (Phi) is 7.69. The summed E-state index contributed by atoms with van der Waals surface area (Å²) in [6.07, 6.45) is -0.124. The largest absolute Gasteiger partial charge is 0.390 e. The van der Waals surface area contributed by atoms with Gasteiger partial charge in [0.2, 0.25) is 0 Å². The van der Waals surface area contributed by atoms with E-state index in [0.717, 1.165) is 5.75 Å². The molecular formula is C11H24O2S. The van der Waals surface area contributed by atoms with Crippen molar-refractivity contribution in [1.29, 1.82) is 0 Å². The third-order valence-corrected chi connectivity index (χ3v) is 3.76. The average Bonchev–Trinajstić information content (AvgIpc) is 2.10. The highest BCUT2D eigenvalue weighted by Gasteiger charge is 2.11. The summed E-state index contributed by atoms with van der Waals surface area (Å²) in [6.45, 7) is 11.0. The van der Waals surface area contributed by atoms with Gasteiger partial charge in [-0.1, -0.05) is 20.8 Å². The Bertz CT molecular complexity index is 137. The van der Waals surface area contributed by atoms with Gasteiger partial charge in [0.15, 0.2) is 0 Å². The van der Waals surface area contributed by atoms with Crippen molar-refractivity contribution in [1.82, 2.24) is 0 Å². The Morgan fingerprint density at radius 1 is 1.14 bits per heavy atom. The molecule has 2 nitrogen and oxygen atoms in total. The lowest BCUT2D eigenvalue weighted by molar-refractivity contribution is 0.0152. The molecule has 0 bridgehead atoms. The molecular weight excluding hydrogens is 196 g/mol. The molecule has 0 rings (SSSR count). The molecule has 0 saturated heterocycles. The number of hydrogen-bond acceptors (Lipinski definition) is 3. The highest BCUT2D eigenvalue weighted by molar-refractivity contribution is 7.99. The van der Waals surface area contributed by atoms with Crippen LogP contribution in [0.15, 0.2) is 0 Å². The van der Waals surface area contributed by atoms with Gasteiger partial charge in [-0.2, -0.15) is 11.8 Å². The van der Waals surface area contributed by atoms with Gasteiger partial charge < -0.3 is 9.84 Å². The van der Waals surface area contributed by atoms with E-state index in [4.69, 9.17) is 4.74 Å². The Morgan fingerprint density at radius 2 is 1.71 bits per heavy atom. The van der Waals surface area contributed by atoms with Crippen LogP contribution in [0.25, 0.3) is 0 Å². The van der Waals surface area contributed by atoms with E-state index in [0.29, 0.717) is 17.8 Å². The topological polar surface area (TPSA) is 29.5 Å². The maximum Gasteiger partial charge on any atom is 0.0864 e. The fourth-order valence-corrected chi connectivity index (χ4v) is 1.81. The molecule has 86 valence electrons. The zero-order valence-corrected chi connectivity index (χ0v) is 10.8. The van der Waals surface area contributed by atoms with Crippen molar-refractivity contribution in [3.05, 3.63) is 0 Å². The number of rotatable bonds is 7. The van der Waals surface area contributed by atoms with E-state index in [-0.39, 0.29) is 12.2 Å². The van der Waals surface area contributed by atoms with Crippen LogP contribution in [-0.2, 0) is 4.74 Å². The second-order valence-corrected chi connectivity index (χ2v) is 5.73. The summed E-state index contributed by atoms with van der Waals surface area (Å²) < 4.78 is 5.33. The average molecular weight is 220 g/mol. The monoisotopic (exact) mass is 220 g/mol. The lowest BCUT2D eigenvalue weighted by Crippen LogP contribution is -2.22. The first kappa shape index (κ1) is 14.3. The highest BCUT2D eigenvalue weighted by atomic mass is 32.2. The second-order valence-electron chi connectivity index (χ2n) is 4.32. The standard InChI is InChI=1S/C11H24O2S/c1-8(2)10(5)14-7-11(12)6-13-9(3)4/h8-12H,6-7H2,1-5H3. The molecule has 0 heterocycles. The number of aliphatic hydroxyl groups excluding tert-OH is 1. The predicted molar refractivity (Wildman–Crippen MR) is 63.9 cm³/mol. The van der Waals surface area contributed by atoms with Crippen molar-refractivity contribution >= 4 is 11.8 Å². The minimum absolute atomic E-state index is 0.206. The molecule has 14 heavy (non-hydrogen) atoms. The quantitative estimate of drug-likeness (QED) is 0.715. The first-order chi connectivity index (χ1) is 6.43. The van der Waals surface area contributed by atoms with Crippen molar-refractivity contribution in [2.45, 2.75) is 52.1 Å². The molecule has 0 aromatic heterocycles. The van der Waals surface area contributed by atoms with E-state index in [1.54, 1.807) is 0 Å². The van der Waals surface area contributed by atoms with Gasteiger partial charge in [0.1, 0.15) is 0 Å². The summed E-state index contributed by atoms with van der Waals surface area (Å²) in [4.78, 5) is 0. The molecule has 0 spiro atoms. The van der Waals surface area contributed by atoms with Crippen LogP contribution in [-0.4, -0.2) is 34.9 Å². The maximum atomic E-state index is 9.58. The summed E-state index contributed by atoms with van der Waals surface area (Å²) in [7, 11) is 0. The SMILES string of the molecule is CC(C)OCC(O)CSC(C)C(C)C. The van der Waals surface area contributed by atoms with E-state index >= 15 is 0 Å². The van der Waals surface area contributed by atoms with E-state index in [2.05, 4.69) is 20.8 Å². The van der Waals surface area contributed by atoms with Gasteiger partial charge in [-0.05, 0) is 19.8 Å². The minimum Gasteiger partial charge on any atom is -0.390 e. The van der Waals surface area contributed by atoms with Gasteiger partial charge in [-0.15, -0.1) is 0 Å². The summed E-state index contributed by atoms with van der Waals surface area (Å²) >= 11 is 1.81. The van der Waals surface area contributed by atoms with Gasteiger partial charge in [0.05, 0.1) is 18.8 Å². The summed E-state index contributed by atoms with van der Waals surface area (Å²) in [6, 6.07) is 0. The van der Waals surface area contributed by atoms with Crippen LogP contribution in [0, 0.1) is 5.92 Å². The Hall–Kier alpha value is 0.270. The van der Waals surface area contributed by atoms with Gasteiger partial charge in [0.25, 0.3) is 0 Å². The first-order valence-corrected chi connectivity index (χ1v) is 6.39. The van der Waals surface area contributed by atoms with Crippen molar-refractivity contribution in [2.24, 2.45) is 5.92 Å². The van der Waals surface area contributed by atoms with Crippen LogP contribution >= 0.6 is 11.8 Å². The highest BCUT2D eigenvalue weighted by Crippen LogP contribution is 2.19. The molecule has 0 aliphatic heterocycles. The molecule has 0 aliphatic carbocycles. The van der Waals surface area contributed by atoms with Crippen molar-refractivity contribution in [3.8, 4) is 0 Å². The molecule has 2 atom stereocenters. The molecule has 3 heteroatoms. The molecule has 0 saturated carbocycles. The molecule has 2 unspecified atom stereocenters.